The third-order valence-electron chi connectivity index (χ3n) is 4.94. The van der Waals surface area contributed by atoms with Crippen LogP contribution in [-0.4, -0.2) is 14.3 Å². The van der Waals surface area contributed by atoms with Crippen LogP contribution in [0.1, 0.15) is 11.3 Å². The molecule has 0 aliphatic rings. The molecule has 0 unspecified atom stereocenters. The van der Waals surface area contributed by atoms with Crippen molar-refractivity contribution in [3.63, 3.8) is 0 Å². The average molecular weight is 476 g/mol. The first kappa shape index (κ1) is 19.4. The molecule has 154 valence electrons. The first-order valence-corrected chi connectivity index (χ1v) is 10.5. The Morgan fingerprint density at radius 3 is 2.39 bits per heavy atom. The number of benzene rings is 2. The summed E-state index contributed by atoms with van der Waals surface area (Å²) in [5, 5.41) is 6.55. The second kappa shape index (κ2) is 8.28. The lowest BCUT2D eigenvalue weighted by molar-refractivity contribution is 0.289. The van der Waals surface area contributed by atoms with Crippen molar-refractivity contribution in [1.82, 2.24) is 14.3 Å². The molecule has 31 heavy (non-hydrogen) atoms. The zero-order valence-electron chi connectivity index (χ0n) is 16.4. The number of nitrogens with zero attached hydrogens (tertiary/aromatic N) is 3. The summed E-state index contributed by atoms with van der Waals surface area (Å²) in [7, 11) is 0. The van der Waals surface area contributed by atoms with Crippen molar-refractivity contribution in [1.29, 1.82) is 0 Å². The fraction of sp³-hybridized carbons (Fsp3) is 0.0833. The van der Waals surface area contributed by atoms with Gasteiger partial charge in [-0.2, -0.15) is 5.10 Å². The standard InChI is InChI=1S/C24H18BrN3O3/c25-20-10-26-28(13-20)21-7-5-17(6-8-21)15-31-24-16-30-22(9-23(24)29)14-27-11-18-3-1-2-4-19(18)12-27/h1-13,16H,14-15H2. The predicted molar refractivity (Wildman–Crippen MR) is 122 cm³/mol. The summed E-state index contributed by atoms with van der Waals surface area (Å²) in [6.45, 7) is 0.755. The van der Waals surface area contributed by atoms with E-state index < -0.39 is 0 Å². The van der Waals surface area contributed by atoms with Crippen LogP contribution < -0.4 is 10.2 Å². The van der Waals surface area contributed by atoms with Gasteiger partial charge in [-0.3, -0.25) is 4.79 Å². The molecule has 0 radical (unpaired) electrons. The first-order valence-electron chi connectivity index (χ1n) is 9.72. The predicted octanol–water partition coefficient (Wildman–Crippen LogP) is 5.17. The van der Waals surface area contributed by atoms with Gasteiger partial charge in [0.05, 0.1) is 22.9 Å². The molecule has 2 aromatic carbocycles. The van der Waals surface area contributed by atoms with Crippen molar-refractivity contribution < 1.29 is 9.15 Å². The third kappa shape index (κ3) is 4.32. The molecule has 0 fully saturated rings. The van der Waals surface area contributed by atoms with Crippen LogP contribution in [-0.2, 0) is 13.2 Å². The van der Waals surface area contributed by atoms with Crippen LogP contribution in [0.3, 0.4) is 0 Å². The summed E-state index contributed by atoms with van der Waals surface area (Å²) in [5.41, 5.74) is 1.68. The highest BCUT2D eigenvalue weighted by atomic mass is 79.9. The highest BCUT2D eigenvalue weighted by molar-refractivity contribution is 9.10. The molecule has 0 saturated carbocycles. The van der Waals surface area contributed by atoms with Crippen LogP contribution in [0.4, 0.5) is 0 Å². The number of hydrogen-bond acceptors (Lipinski definition) is 4. The quantitative estimate of drug-likeness (QED) is 0.339. The van der Waals surface area contributed by atoms with Gasteiger partial charge in [0.1, 0.15) is 18.6 Å². The molecule has 5 rings (SSSR count). The van der Waals surface area contributed by atoms with Crippen LogP contribution >= 0.6 is 15.9 Å². The van der Waals surface area contributed by atoms with Gasteiger partial charge in [-0.25, -0.2) is 4.68 Å². The molecule has 5 aromatic rings. The second-order valence-corrected chi connectivity index (χ2v) is 8.11. The van der Waals surface area contributed by atoms with Crippen molar-refractivity contribution in [3.8, 4) is 11.4 Å². The number of rotatable bonds is 6. The van der Waals surface area contributed by atoms with Gasteiger partial charge in [-0.1, -0.05) is 36.4 Å². The number of ether oxygens (including phenoxy) is 1. The third-order valence-corrected chi connectivity index (χ3v) is 5.35. The smallest absolute Gasteiger partial charge is 0.227 e. The van der Waals surface area contributed by atoms with E-state index in [4.69, 9.17) is 9.15 Å². The molecule has 0 aliphatic heterocycles. The van der Waals surface area contributed by atoms with Gasteiger partial charge in [0.25, 0.3) is 0 Å². The number of fused-ring (bicyclic) bond motifs is 1. The maximum Gasteiger partial charge on any atom is 0.227 e. The van der Waals surface area contributed by atoms with Gasteiger partial charge in [0.2, 0.25) is 11.2 Å². The number of hydrogen-bond donors (Lipinski definition) is 0. The monoisotopic (exact) mass is 475 g/mol. The van der Waals surface area contributed by atoms with Crippen molar-refractivity contribution in [2.45, 2.75) is 13.2 Å². The molecule has 3 aromatic heterocycles. The highest BCUT2D eigenvalue weighted by Crippen LogP contribution is 2.17. The van der Waals surface area contributed by atoms with Crippen LogP contribution in [0, 0.1) is 0 Å². The van der Waals surface area contributed by atoms with Gasteiger partial charge in [-0.15, -0.1) is 0 Å². The minimum absolute atomic E-state index is 0.196. The number of halogens is 1. The van der Waals surface area contributed by atoms with E-state index in [-0.39, 0.29) is 17.8 Å². The summed E-state index contributed by atoms with van der Waals surface area (Å²) in [5.74, 6) is 0.772. The Bertz CT molecular complexity index is 1370. The molecular weight excluding hydrogens is 458 g/mol. The lowest BCUT2D eigenvalue weighted by Gasteiger charge is -2.08. The lowest BCUT2D eigenvalue weighted by Crippen LogP contribution is -2.09. The van der Waals surface area contributed by atoms with Crippen molar-refractivity contribution in [3.05, 3.63) is 112 Å². The van der Waals surface area contributed by atoms with Crippen molar-refractivity contribution >= 4 is 26.7 Å². The molecule has 6 nitrogen and oxygen atoms in total. The largest absolute Gasteiger partial charge is 0.482 e. The maximum atomic E-state index is 12.5. The molecule has 0 N–H and O–H groups in total. The van der Waals surface area contributed by atoms with Gasteiger partial charge in [0, 0.05) is 24.7 Å². The minimum Gasteiger partial charge on any atom is -0.482 e. The van der Waals surface area contributed by atoms with Crippen molar-refractivity contribution in [2.24, 2.45) is 0 Å². The van der Waals surface area contributed by atoms with E-state index in [1.54, 1.807) is 10.9 Å². The topological polar surface area (TPSA) is 62.2 Å². The highest BCUT2D eigenvalue weighted by Gasteiger charge is 2.07. The van der Waals surface area contributed by atoms with Gasteiger partial charge in [0.15, 0.2) is 0 Å². The Morgan fingerprint density at radius 1 is 1.00 bits per heavy atom. The van der Waals surface area contributed by atoms with E-state index in [0.29, 0.717) is 12.3 Å². The first-order chi connectivity index (χ1) is 15.1. The van der Waals surface area contributed by atoms with Crippen LogP contribution in [0.5, 0.6) is 5.75 Å². The average Bonchev–Trinajstić information content (AvgIpc) is 3.39. The SMILES string of the molecule is O=c1cc(Cn2cc3ccccc3c2)occ1OCc1ccc(-n2cc(Br)cn2)cc1. The van der Waals surface area contributed by atoms with E-state index >= 15 is 0 Å². The fourth-order valence-corrected chi connectivity index (χ4v) is 3.67. The Kier molecular flexibility index (Phi) is 5.18. The van der Waals surface area contributed by atoms with E-state index in [1.807, 2.05) is 59.6 Å². The lowest BCUT2D eigenvalue weighted by atomic mass is 10.2. The molecule has 0 amide bonds. The Morgan fingerprint density at radius 2 is 1.74 bits per heavy atom. The summed E-state index contributed by atoms with van der Waals surface area (Å²) < 4.78 is 16.0. The molecular formula is C24H18BrN3O3. The van der Waals surface area contributed by atoms with E-state index in [9.17, 15) is 4.79 Å². The van der Waals surface area contributed by atoms with Gasteiger partial charge in [-0.05, 0) is 44.4 Å². The molecule has 3 heterocycles. The summed E-state index contributed by atoms with van der Waals surface area (Å²) in [6, 6.07) is 17.4. The van der Waals surface area contributed by atoms with E-state index in [1.165, 1.54) is 12.3 Å². The molecule has 0 spiro atoms. The zero-order chi connectivity index (χ0) is 21.2. The van der Waals surface area contributed by atoms with Gasteiger partial charge >= 0.3 is 0 Å². The van der Waals surface area contributed by atoms with E-state index in [0.717, 1.165) is 26.5 Å². The van der Waals surface area contributed by atoms with Gasteiger partial charge < -0.3 is 13.7 Å². The van der Waals surface area contributed by atoms with Crippen molar-refractivity contribution in [2.75, 3.05) is 0 Å². The summed E-state index contributed by atoms with van der Waals surface area (Å²) >= 11 is 3.39. The molecule has 0 saturated heterocycles. The normalized spacial score (nSPS) is 11.1. The van der Waals surface area contributed by atoms with Crippen LogP contribution in [0.2, 0.25) is 0 Å². The maximum absolute atomic E-state index is 12.5. The molecule has 0 atom stereocenters. The number of aromatic nitrogens is 3. The second-order valence-electron chi connectivity index (χ2n) is 7.19. The summed E-state index contributed by atoms with van der Waals surface area (Å²) in [4.78, 5) is 12.5. The molecule has 7 heteroatoms. The van der Waals surface area contributed by atoms with E-state index in [2.05, 4.69) is 33.2 Å². The zero-order valence-corrected chi connectivity index (χ0v) is 18.0. The van der Waals surface area contributed by atoms with Crippen LogP contribution in [0.25, 0.3) is 16.5 Å². The Hall–Kier alpha value is -3.58. The fourth-order valence-electron chi connectivity index (χ4n) is 3.39. The Labute approximate surface area is 186 Å². The molecule has 0 aliphatic carbocycles. The molecule has 0 bridgehead atoms. The Balaban J connectivity index is 1.24. The van der Waals surface area contributed by atoms with Crippen LogP contribution in [0.15, 0.2) is 99.3 Å². The summed E-state index contributed by atoms with van der Waals surface area (Å²) in [6.07, 6.45) is 9.07. The minimum atomic E-state index is -0.198.